The van der Waals surface area contributed by atoms with E-state index in [4.69, 9.17) is 38.4 Å². The fourth-order valence-electron chi connectivity index (χ4n) is 11.2. The molecule has 17 nitrogen and oxygen atoms in total. The van der Waals surface area contributed by atoms with Gasteiger partial charge in [0.15, 0.2) is 11.9 Å². The van der Waals surface area contributed by atoms with Gasteiger partial charge in [-0.25, -0.2) is 9.48 Å². The van der Waals surface area contributed by atoms with Crippen molar-refractivity contribution in [1.82, 2.24) is 24.8 Å². The van der Waals surface area contributed by atoms with Crippen molar-refractivity contribution >= 4 is 34.6 Å². The molecule has 5 aliphatic heterocycles. The molecule has 1 amide bonds. The van der Waals surface area contributed by atoms with Gasteiger partial charge in [-0.15, -0.1) is 5.10 Å². The van der Waals surface area contributed by atoms with Crippen LogP contribution in [0.5, 0.6) is 0 Å². The summed E-state index contributed by atoms with van der Waals surface area (Å²) in [5, 5.41) is 25.5. The molecular formula is C48H66N6O11. The summed E-state index contributed by atoms with van der Waals surface area (Å²) in [6.45, 7) is 14.8. The molecule has 6 heterocycles. The fraction of sp³-hybridized carbons (Fsp3) is 0.667. The van der Waals surface area contributed by atoms with Crippen LogP contribution >= 0.6 is 0 Å². The molecule has 8 rings (SSSR count). The third kappa shape index (κ3) is 8.80. The van der Waals surface area contributed by atoms with Crippen molar-refractivity contribution in [3.05, 3.63) is 54.1 Å². The molecule has 65 heavy (non-hydrogen) atoms. The molecule has 354 valence electrons. The number of ketones is 1. The smallest absolute Gasteiger partial charge is 0.411 e. The Kier molecular flexibility index (Phi) is 13.5. The zero-order valence-electron chi connectivity index (χ0n) is 39.3. The predicted molar refractivity (Wildman–Crippen MR) is 238 cm³/mol. The summed E-state index contributed by atoms with van der Waals surface area (Å²) in [4.78, 5) is 53.6. The van der Waals surface area contributed by atoms with E-state index in [1.807, 2.05) is 102 Å². The number of oxime groups is 1. The maximum Gasteiger partial charge on any atom is 0.411 e. The Morgan fingerprint density at radius 2 is 1.74 bits per heavy atom. The second-order valence-corrected chi connectivity index (χ2v) is 19.6. The Hall–Kier alpha value is -4.52. The maximum absolute atomic E-state index is 15.0. The highest BCUT2D eigenvalue weighted by Gasteiger charge is 2.61. The summed E-state index contributed by atoms with van der Waals surface area (Å²) in [5.74, 6) is -4.12. The van der Waals surface area contributed by atoms with Crippen LogP contribution in [0.25, 0.3) is 16.7 Å². The average molecular weight is 903 g/mol. The highest BCUT2D eigenvalue weighted by atomic mass is 16.7. The second kappa shape index (κ2) is 18.6. The van der Waals surface area contributed by atoms with Crippen LogP contribution in [0.1, 0.15) is 80.2 Å². The summed E-state index contributed by atoms with van der Waals surface area (Å²) in [6.07, 6.45) is -4.49. The van der Waals surface area contributed by atoms with E-state index >= 15 is 0 Å². The van der Waals surface area contributed by atoms with E-state index in [-0.39, 0.29) is 50.7 Å². The number of nitrogens with zero attached hydrogens (tertiary/aromatic N) is 6. The van der Waals surface area contributed by atoms with Crippen molar-refractivity contribution in [2.45, 2.75) is 141 Å². The number of amides is 1. The number of aliphatic hydroxyl groups excluding tert-OH is 1. The molecule has 0 spiro atoms. The van der Waals surface area contributed by atoms with Gasteiger partial charge in [0.05, 0.1) is 72.5 Å². The van der Waals surface area contributed by atoms with Crippen LogP contribution in [0, 0.1) is 29.6 Å². The first-order valence-corrected chi connectivity index (χ1v) is 23.2. The Balaban J connectivity index is 1.24. The lowest BCUT2D eigenvalue weighted by molar-refractivity contribution is -0.302. The number of Topliss-reactive ketones (excluding diaryl/α,β-unsaturated/α-hetero) is 1. The Morgan fingerprint density at radius 3 is 2.46 bits per heavy atom. The number of carbonyl (C=O) groups excluding carboxylic acids is 3. The molecule has 3 unspecified atom stereocenters. The number of aliphatic hydroxyl groups is 1. The number of cyclic esters (lactones) is 1. The highest BCUT2D eigenvalue weighted by molar-refractivity contribution is 5.92. The van der Waals surface area contributed by atoms with Gasteiger partial charge >= 0.3 is 12.1 Å². The monoisotopic (exact) mass is 902 g/mol. The van der Waals surface area contributed by atoms with Gasteiger partial charge < -0.3 is 43.3 Å². The van der Waals surface area contributed by atoms with Crippen molar-refractivity contribution in [1.29, 1.82) is 0 Å². The van der Waals surface area contributed by atoms with Crippen LogP contribution in [-0.2, 0) is 49.5 Å². The van der Waals surface area contributed by atoms with Crippen molar-refractivity contribution in [2.75, 3.05) is 33.9 Å². The number of hydrogen-bond donors (Lipinski definition) is 1. The normalized spacial score (nSPS) is 38.8. The van der Waals surface area contributed by atoms with E-state index in [1.165, 1.54) is 4.90 Å². The van der Waals surface area contributed by atoms with Crippen molar-refractivity contribution in [2.24, 2.45) is 34.7 Å². The number of benzene rings is 2. The standard InChI is InChI=1S/C48H66N6O11/c1-11-37-48(8)42-28(4)39(55)26(2)21-47(7)43(64-45-40(56)36(52(9)10)20-27(3)62-45)29(5)41(30(6)44(57)63-37)59-23-32(24-60-47)34(22-53(42)46(58)65-48)50-61-25-31-16-15-19-35-38(31)49-51-54(35)33-17-13-12-14-18-33/h12-19,26-30,32,36-37,40-43,45,56H,11,20-25H2,1-10H3/b50-34-/t26-,27-,28+,29+,30-,32?,36+,37-,40-,41+,42+,43-,45+,47?,48?/m1/s1. The van der Waals surface area contributed by atoms with Crippen LogP contribution in [0.15, 0.2) is 53.7 Å². The molecule has 5 saturated heterocycles. The number of ether oxygens (including phenoxy) is 6. The van der Waals surface area contributed by atoms with Gasteiger partial charge in [0.25, 0.3) is 0 Å². The van der Waals surface area contributed by atoms with Gasteiger partial charge in [-0.3, -0.25) is 14.5 Å². The second-order valence-electron chi connectivity index (χ2n) is 19.6. The molecule has 5 fully saturated rings. The van der Waals surface area contributed by atoms with Gasteiger partial charge in [-0.2, -0.15) is 0 Å². The molecule has 5 aliphatic rings. The van der Waals surface area contributed by atoms with Crippen LogP contribution in [0.3, 0.4) is 0 Å². The minimum absolute atomic E-state index is 0.0153. The highest BCUT2D eigenvalue weighted by Crippen LogP contribution is 2.45. The van der Waals surface area contributed by atoms with Gasteiger partial charge in [-0.1, -0.05) is 68.4 Å². The molecule has 0 radical (unpaired) electrons. The summed E-state index contributed by atoms with van der Waals surface area (Å²) in [5.41, 5.74) is 0.820. The van der Waals surface area contributed by atoms with E-state index < -0.39 is 89.6 Å². The van der Waals surface area contributed by atoms with Crippen LogP contribution in [-0.4, -0.2) is 147 Å². The fourth-order valence-corrected chi connectivity index (χ4v) is 11.2. The average Bonchev–Trinajstić information content (AvgIpc) is 3.84. The first-order chi connectivity index (χ1) is 30.9. The number of esters is 1. The molecule has 3 aromatic rings. The van der Waals surface area contributed by atoms with E-state index in [2.05, 4.69) is 10.3 Å². The van der Waals surface area contributed by atoms with Gasteiger partial charge in [-0.05, 0) is 79.3 Å². The number of likely N-dealkylation sites (N-methyl/N-ethyl adjacent to an activating group) is 1. The van der Waals surface area contributed by atoms with Crippen molar-refractivity contribution in [3.8, 4) is 5.69 Å². The number of aromatic nitrogens is 3. The van der Waals surface area contributed by atoms with Gasteiger partial charge in [0.1, 0.15) is 30.1 Å². The van der Waals surface area contributed by atoms with E-state index in [0.717, 1.165) is 16.8 Å². The molecule has 1 N–H and O–H groups in total. The third-order valence-electron chi connectivity index (χ3n) is 14.7. The lowest BCUT2D eigenvalue weighted by Crippen LogP contribution is -2.61. The predicted octanol–water partition coefficient (Wildman–Crippen LogP) is 5.33. The van der Waals surface area contributed by atoms with E-state index in [1.54, 1.807) is 25.5 Å². The van der Waals surface area contributed by atoms with Crippen LogP contribution < -0.4 is 0 Å². The van der Waals surface area contributed by atoms with Crippen LogP contribution in [0.4, 0.5) is 4.79 Å². The minimum Gasteiger partial charge on any atom is -0.458 e. The first kappa shape index (κ1) is 47.0. The number of carbonyl (C=O) groups is 3. The Morgan fingerprint density at radius 1 is 0.985 bits per heavy atom. The lowest BCUT2D eigenvalue weighted by atomic mass is 9.73. The zero-order valence-corrected chi connectivity index (χ0v) is 39.3. The third-order valence-corrected chi connectivity index (χ3v) is 14.7. The number of rotatable bonds is 8. The summed E-state index contributed by atoms with van der Waals surface area (Å²) in [7, 11) is 3.83. The molecule has 15 atom stereocenters. The molecule has 17 heteroatoms. The molecule has 6 bridgehead atoms. The molecule has 2 aromatic carbocycles. The largest absolute Gasteiger partial charge is 0.458 e. The number of fused-ring (bicyclic) bond motifs is 6. The van der Waals surface area contributed by atoms with E-state index in [0.29, 0.717) is 24.1 Å². The molecule has 0 aliphatic carbocycles. The molecular weight excluding hydrogens is 837 g/mol. The number of hydrogen-bond acceptors (Lipinski definition) is 15. The summed E-state index contributed by atoms with van der Waals surface area (Å²) >= 11 is 0. The SMILES string of the molecule is CC[C@H]1OC(=O)[C@H](C)[C@H]2OCC3COC(C)(C[C@@H](C)C(=O)[C@H](C)[C@@H]4N(C/C3=N/OCc3cccc5c3nnn5-c3ccccc3)C(=O)OC41C)[C@H](O[C@@H]1O[C@H](C)C[C@H](N(C)C)[C@H]1O)[C@H]2C. The molecule has 0 saturated carbocycles. The van der Waals surface area contributed by atoms with Gasteiger partial charge in [0.2, 0.25) is 0 Å². The first-order valence-electron chi connectivity index (χ1n) is 23.2. The Labute approximate surface area is 381 Å². The topological polar surface area (TPSA) is 186 Å². The summed E-state index contributed by atoms with van der Waals surface area (Å²) in [6, 6.07) is 14.4. The lowest BCUT2D eigenvalue weighted by Gasteiger charge is -2.48. The van der Waals surface area contributed by atoms with Crippen molar-refractivity contribution in [3.63, 3.8) is 0 Å². The zero-order chi connectivity index (χ0) is 46.5. The van der Waals surface area contributed by atoms with Crippen molar-refractivity contribution < 1.29 is 52.7 Å². The Bertz CT molecular complexity index is 2240. The summed E-state index contributed by atoms with van der Waals surface area (Å²) < 4.78 is 41.8. The minimum atomic E-state index is -1.42. The number of para-hydroxylation sites is 1. The molecule has 1 aromatic heterocycles. The quantitative estimate of drug-likeness (QED) is 0.226. The van der Waals surface area contributed by atoms with Crippen LogP contribution in [0.2, 0.25) is 0 Å². The van der Waals surface area contributed by atoms with Gasteiger partial charge in [0, 0.05) is 35.3 Å². The maximum atomic E-state index is 15.0. The van der Waals surface area contributed by atoms with E-state index in [9.17, 15) is 19.5 Å².